The van der Waals surface area contributed by atoms with Crippen LogP contribution in [-0.4, -0.2) is 25.2 Å². The first-order chi connectivity index (χ1) is 10.6. The molecule has 0 bridgehead atoms. The lowest BCUT2D eigenvalue weighted by molar-refractivity contribution is -0.138. The van der Waals surface area contributed by atoms with Crippen LogP contribution in [0.2, 0.25) is 0 Å². The lowest BCUT2D eigenvalue weighted by atomic mass is 10.00. The summed E-state index contributed by atoms with van der Waals surface area (Å²) >= 11 is 0. The summed E-state index contributed by atoms with van der Waals surface area (Å²) in [5.41, 5.74) is 0. The maximum atomic E-state index is 10.9. The molecule has 0 aliphatic carbocycles. The molecule has 0 fully saturated rings. The molecule has 0 saturated heterocycles. The van der Waals surface area contributed by atoms with Gasteiger partial charge in [0, 0.05) is 12.2 Å². The molecule has 1 unspecified atom stereocenters. The number of ether oxygens (including phenoxy) is 2. The number of allylic oxidation sites excluding steroid dienone is 3. The lowest BCUT2D eigenvalue weighted by Crippen LogP contribution is -2.06. The van der Waals surface area contributed by atoms with Crippen LogP contribution >= 0.6 is 0 Å². The number of hydrogen-bond acceptors (Lipinski definition) is 4. The zero-order chi connectivity index (χ0) is 16.6. The van der Waals surface area contributed by atoms with Crippen LogP contribution in [0.1, 0.15) is 32.1 Å². The van der Waals surface area contributed by atoms with Crippen molar-refractivity contribution in [2.45, 2.75) is 32.1 Å². The van der Waals surface area contributed by atoms with Crippen molar-refractivity contribution in [3.8, 4) is 0 Å². The van der Waals surface area contributed by atoms with Crippen molar-refractivity contribution in [1.82, 2.24) is 0 Å². The molecule has 0 aliphatic heterocycles. The molecule has 0 aromatic heterocycles. The van der Waals surface area contributed by atoms with E-state index in [2.05, 4.69) is 31.9 Å². The molecular formula is C18H26O4. The number of carbonyl (C=O) groups excluding carboxylic acids is 2. The van der Waals surface area contributed by atoms with Crippen LogP contribution < -0.4 is 0 Å². The highest BCUT2D eigenvalue weighted by Gasteiger charge is 2.04. The van der Waals surface area contributed by atoms with Crippen molar-refractivity contribution >= 4 is 11.9 Å². The van der Waals surface area contributed by atoms with Crippen LogP contribution in [-0.2, 0) is 19.1 Å². The molecule has 0 spiro atoms. The molecule has 0 aliphatic rings. The molecule has 0 radical (unpaired) electrons. The Balaban J connectivity index is 3.64. The van der Waals surface area contributed by atoms with E-state index in [1.165, 1.54) is 0 Å². The van der Waals surface area contributed by atoms with E-state index < -0.39 is 0 Å². The van der Waals surface area contributed by atoms with Gasteiger partial charge in [0.1, 0.15) is 0 Å². The van der Waals surface area contributed by atoms with Crippen LogP contribution in [0.3, 0.4) is 0 Å². The van der Waals surface area contributed by atoms with Gasteiger partial charge in [0.15, 0.2) is 0 Å². The first-order valence-electron chi connectivity index (χ1n) is 7.50. The number of carbonyl (C=O) groups is 2. The highest BCUT2D eigenvalue weighted by atomic mass is 16.5. The Morgan fingerprint density at radius 3 is 2.05 bits per heavy atom. The van der Waals surface area contributed by atoms with Gasteiger partial charge in [0.25, 0.3) is 0 Å². The smallest absolute Gasteiger partial charge is 0.330 e. The van der Waals surface area contributed by atoms with Crippen molar-refractivity contribution in [3.63, 3.8) is 0 Å². The van der Waals surface area contributed by atoms with Gasteiger partial charge in [0.05, 0.1) is 13.2 Å². The molecule has 0 rings (SSSR count). The first-order valence-corrected chi connectivity index (χ1v) is 7.50. The molecule has 0 aromatic rings. The van der Waals surface area contributed by atoms with E-state index in [0.29, 0.717) is 19.1 Å². The van der Waals surface area contributed by atoms with Crippen LogP contribution in [0.5, 0.6) is 0 Å². The molecule has 0 N–H and O–H groups in total. The monoisotopic (exact) mass is 306 g/mol. The fourth-order valence-electron chi connectivity index (χ4n) is 1.73. The molecule has 22 heavy (non-hydrogen) atoms. The summed E-state index contributed by atoms with van der Waals surface area (Å²) in [5, 5.41) is 0. The van der Waals surface area contributed by atoms with E-state index in [4.69, 9.17) is 9.47 Å². The van der Waals surface area contributed by atoms with Gasteiger partial charge in [-0.05, 0) is 38.0 Å². The van der Waals surface area contributed by atoms with Gasteiger partial charge < -0.3 is 9.47 Å². The molecule has 4 heteroatoms. The van der Waals surface area contributed by atoms with Gasteiger partial charge in [-0.3, -0.25) is 0 Å². The largest absolute Gasteiger partial charge is 0.463 e. The SMILES string of the molecule is C=CC(=O)OCCC/C=C/CCC(C=C)CCOC(=O)C=C. The van der Waals surface area contributed by atoms with Gasteiger partial charge in [0.2, 0.25) is 0 Å². The van der Waals surface area contributed by atoms with Gasteiger partial charge >= 0.3 is 11.9 Å². The Labute approximate surface area is 133 Å². The molecule has 0 amide bonds. The average molecular weight is 306 g/mol. The zero-order valence-corrected chi connectivity index (χ0v) is 13.2. The third kappa shape index (κ3) is 11.7. The second-order valence-electron chi connectivity index (χ2n) is 4.72. The van der Waals surface area contributed by atoms with Gasteiger partial charge in [-0.25, -0.2) is 9.59 Å². The minimum atomic E-state index is -0.389. The number of hydrogen-bond donors (Lipinski definition) is 0. The third-order valence-electron chi connectivity index (χ3n) is 3.03. The Bertz CT molecular complexity index is 396. The summed E-state index contributed by atoms with van der Waals surface area (Å²) < 4.78 is 9.83. The molecule has 122 valence electrons. The third-order valence-corrected chi connectivity index (χ3v) is 3.03. The van der Waals surface area contributed by atoms with E-state index in [1.54, 1.807) is 0 Å². The van der Waals surface area contributed by atoms with E-state index in [9.17, 15) is 9.59 Å². The summed E-state index contributed by atoms with van der Waals surface area (Å²) in [6.45, 7) is 11.3. The summed E-state index contributed by atoms with van der Waals surface area (Å²) in [4.78, 5) is 21.7. The minimum Gasteiger partial charge on any atom is -0.463 e. The first kappa shape index (κ1) is 19.9. The summed E-state index contributed by atoms with van der Waals surface area (Å²) in [6.07, 6.45) is 12.8. The second kappa shape index (κ2) is 13.9. The molecule has 1 atom stereocenters. The van der Waals surface area contributed by atoms with E-state index in [0.717, 1.165) is 44.3 Å². The predicted molar refractivity (Wildman–Crippen MR) is 88.2 cm³/mol. The van der Waals surface area contributed by atoms with Gasteiger partial charge in [-0.1, -0.05) is 31.4 Å². The second-order valence-corrected chi connectivity index (χ2v) is 4.72. The molecule has 0 heterocycles. The quantitative estimate of drug-likeness (QED) is 0.225. The topological polar surface area (TPSA) is 52.6 Å². The minimum absolute atomic E-state index is 0.329. The number of rotatable bonds is 13. The van der Waals surface area contributed by atoms with Gasteiger partial charge in [-0.2, -0.15) is 0 Å². The normalized spacial score (nSPS) is 11.6. The molecular weight excluding hydrogens is 280 g/mol. The summed E-state index contributed by atoms with van der Waals surface area (Å²) in [7, 11) is 0. The van der Waals surface area contributed by atoms with E-state index in [-0.39, 0.29) is 11.9 Å². The zero-order valence-electron chi connectivity index (χ0n) is 13.2. The standard InChI is InChI=1S/C18H26O4/c1-4-16(13-15-22-18(20)6-3)12-10-8-7-9-11-14-21-17(19)5-2/h4-8,16H,1-3,9-15H2/b8-7+. The fourth-order valence-corrected chi connectivity index (χ4v) is 1.73. The predicted octanol–water partition coefficient (Wildman–Crippen LogP) is 3.75. The maximum Gasteiger partial charge on any atom is 0.330 e. The van der Waals surface area contributed by atoms with Crippen LogP contribution in [0, 0.1) is 5.92 Å². The van der Waals surface area contributed by atoms with Crippen molar-refractivity contribution in [2.24, 2.45) is 5.92 Å². The van der Waals surface area contributed by atoms with Crippen molar-refractivity contribution in [2.75, 3.05) is 13.2 Å². The van der Waals surface area contributed by atoms with Crippen LogP contribution in [0.15, 0.2) is 50.1 Å². The highest BCUT2D eigenvalue weighted by Crippen LogP contribution is 2.13. The van der Waals surface area contributed by atoms with Crippen LogP contribution in [0.25, 0.3) is 0 Å². The lowest BCUT2D eigenvalue weighted by Gasteiger charge is -2.10. The Kier molecular flexibility index (Phi) is 12.5. The number of esters is 2. The van der Waals surface area contributed by atoms with Crippen molar-refractivity contribution in [3.05, 3.63) is 50.1 Å². The summed E-state index contributed by atoms with van der Waals surface area (Å²) in [5.74, 6) is -0.439. The molecule has 0 saturated carbocycles. The average Bonchev–Trinajstić information content (AvgIpc) is 2.54. The molecule has 0 aromatic carbocycles. The van der Waals surface area contributed by atoms with E-state index in [1.807, 2.05) is 6.08 Å². The van der Waals surface area contributed by atoms with Crippen LogP contribution in [0.4, 0.5) is 0 Å². The summed E-state index contributed by atoms with van der Waals surface area (Å²) in [6, 6.07) is 0. The van der Waals surface area contributed by atoms with Crippen molar-refractivity contribution in [1.29, 1.82) is 0 Å². The Hall–Kier alpha value is -2.10. The van der Waals surface area contributed by atoms with Crippen molar-refractivity contribution < 1.29 is 19.1 Å². The van der Waals surface area contributed by atoms with E-state index >= 15 is 0 Å². The molecule has 4 nitrogen and oxygen atoms in total. The Morgan fingerprint density at radius 2 is 1.45 bits per heavy atom. The highest BCUT2D eigenvalue weighted by molar-refractivity contribution is 5.81. The number of unbranched alkanes of at least 4 members (excludes halogenated alkanes) is 1. The Morgan fingerprint density at radius 1 is 0.864 bits per heavy atom. The van der Waals surface area contributed by atoms with Gasteiger partial charge in [-0.15, -0.1) is 6.58 Å². The maximum absolute atomic E-state index is 10.9. The fraction of sp³-hybridized carbons (Fsp3) is 0.444.